The third-order valence-electron chi connectivity index (χ3n) is 1.73. The Bertz CT molecular complexity index is 284. The molecule has 1 aromatic rings. The van der Waals surface area contributed by atoms with E-state index < -0.39 is 6.10 Å². The Morgan fingerprint density at radius 1 is 1.54 bits per heavy atom. The monoisotopic (exact) mass is 244 g/mol. The molecule has 0 saturated carbocycles. The van der Waals surface area contributed by atoms with E-state index in [1.165, 1.54) is 0 Å². The minimum absolute atomic E-state index is 0.477. The molecule has 0 aliphatic heterocycles. The Balaban J connectivity index is 2.97. The first kappa shape index (κ1) is 10.5. The van der Waals surface area contributed by atoms with Crippen LogP contribution in [0, 0.1) is 0 Å². The van der Waals surface area contributed by atoms with Crippen LogP contribution < -0.4 is 4.74 Å². The molecule has 1 atom stereocenters. The second-order valence-corrected chi connectivity index (χ2v) is 3.65. The lowest BCUT2D eigenvalue weighted by atomic mass is 10.1. The van der Waals surface area contributed by atoms with Crippen LogP contribution in [0.1, 0.15) is 25.5 Å². The number of halogens is 1. The number of hydrogen-bond acceptors (Lipinski definition) is 2. The summed E-state index contributed by atoms with van der Waals surface area (Å²) in [5.74, 6) is 0.793. The Labute approximate surface area is 86.7 Å². The molecule has 0 aromatic heterocycles. The van der Waals surface area contributed by atoms with E-state index in [0.29, 0.717) is 6.61 Å². The molecule has 0 heterocycles. The molecule has 0 fully saturated rings. The molecule has 1 rings (SSSR count). The molecule has 1 aromatic carbocycles. The lowest BCUT2D eigenvalue weighted by Gasteiger charge is -2.10. The SMILES string of the molecule is CCOc1ccc(Br)c([C@@H](C)O)c1. The maximum atomic E-state index is 9.41. The maximum absolute atomic E-state index is 9.41. The van der Waals surface area contributed by atoms with Crippen LogP contribution in [0.15, 0.2) is 22.7 Å². The summed E-state index contributed by atoms with van der Waals surface area (Å²) in [6.45, 7) is 4.31. The first-order chi connectivity index (χ1) is 6.15. The molecule has 0 amide bonds. The molecule has 0 saturated heterocycles. The Morgan fingerprint density at radius 2 is 2.23 bits per heavy atom. The normalized spacial score (nSPS) is 12.6. The molecule has 0 radical (unpaired) electrons. The van der Waals surface area contributed by atoms with Crippen molar-refractivity contribution in [2.45, 2.75) is 20.0 Å². The van der Waals surface area contributed by atoms with E-state index in [0.717, 1.165) is 15.8 Å². The molecule has 0 aliphatic carbocycles. The van der Waals surface area contributed by atoms with E-state index in [4.69, 9.17) is 4.74 Å². The van der Waals surface area contributed by atoms with Crippen LogP contribution in [-0.2, 0) is 0 Å². The minimum atomic E-state index is -0.477. The van der Waals surface area contributed by atoms with Gasteiger partial charge >= 0.3 is 0 Å². The standard InChI is InChI=1S/C10H13BrO2/c1-3-13-8-4-5-10(11)9(6-8)7(2)12/h4-7,12H,3H2,1-2H3/t7-/m1/s1. The summed E-state index contributed by atoms with van der Waals surface area (Å²) in [5.41, 5.74) is 0.853. The molecule has 0 unspecified atom stereocenters. The number of hydrogen-bond donors (Lipinski definition) is 1. The molecule has 0 spiro atoms. The van der Waals surface area contributed by atoms with Crippen molar-refractivity contribution in [1.29, 1.82) is 0 Å². The van der Waals surface area contributed by atoms with Crippen molar-refractivity contribution in [3.05, 3.63) is 28.2 Å². The van der Waals surface area contributed by atoms with Crippen LogP contribution in [0.4, 0.5) is 0 Å². The molecule has 1 N–H and O–H groups in total. The first-order valence-corrected chi connectivity index (χ1v) is 5.04. The fraction of sp³-hybridized carbons (Fsp3) is 0.400. The van der Waals surface area contributed by atoms with Gasteiger partial charge in [-0.05, 0) is 37.6 Å². The fourth-order valence-electron chi connectivity index (χ4n) is 1.10. The van der Waals surface area contributed by atoms with Gasteiger partial charge in [-0.15, -0.1) is 0 Å². The van der Waals surface area contributed by atoms with Crippen molar-refractivity contribution < 1.29 is 9.84 Å². The van der Waals surface area contributed by atoms with Gasteiger partial charge in [-0.25, -0.2) is 0 Å². The molecule has 0 bridgehead atoms. The van der Waals surface area contributed by atoms with Crippen LogP contribution in [-0.4, -0.2) is 11.7 Å². The maximum Gasteiger partial charge on any atom is 0.119 e. The number of aliphatic hydroxyl groups excluding tert-OH is 1. The number of ether oxygens (including phenoxy) is 1. The van der Waals surface area contributed by atoms with Crippen molar-refractivity contribution in [2.24, 2.45) is 0 Å². The highest BCUT2D eigenvalue weighted by molar-refractivity contribution is 9.10. The third-order valence-corrected chi connectivity index (χ3v) is 2.45. The van der Waals surface area contributed by atoms with Crippen LogP contribution in [0.25, 0.3) is 0 Å². The highest BCUT2D eigenvalue weighted by Gasteiger charge is 2.06. The van der Waals surface area contributed by atoms with E-state index >= 15 is 0 Å². The molecule has 13 heavy (non-hydrogen) atoms. The van der Waals surface area contributed by atoms with Crippen molar-refractivity contribution in [3.8, 4) is 5.75 Å². The number of benzene rings is 1. The molecule has 2 nitrogen and oxygen atoms in total. The fourth-order valence-corrected chi connectivity index (χ4v) is 1.68. The van der Waals surface area contributed by atoms with Gasteiger partial charge in [-0.1, -0.05) is 15.9 Å². The lowest BCUT2D eigenvalue weighted by Crippen LogP contribution is -1.96. The van der Waals surface area contributed by atoms with Gasteiger partial charge in [0.05, 0.1) is 12.7 Å². The second-order valence-electron chi connectivity index (χ2n) is 2.79. The van der Waals surface area contributed by atoms with Crippen LogP contribution >= 0.6 is 15.9 Å². The summed E-state index contributed by atoms with van der Waals surface area (Å²) in [7, 11) is 0. The first-order valence-electron chi connectivity index (χ1n) is 4.25. The Hall–Kier alpha value is -0.540. The quantitative estimate of drug-likeness (QED) is 0.887. The summed E-state index contributed by atoms with van der Waals surface area (Å²) in [6, 6.07) is 5.60. The zero-order chi connectivity index (χ0) is 9.84. The highest BCUT2D eigenvalue weighted by Crippen LogP contribution is 2.27. The van der Waals surface area contributed by atoms with E-state index in [-0.39, 0.29) is 0 Å². The zero-order valence-electron chi connectivity index (χ0n) is 7.75. The number of rotatable bonds is 3. The second kappa shape index (κ2) is 4.63. The van der Waals surface area contributed by atoms with E-state index in [2.05, 4.69) is 15.9 Å². The van der Waals surface area contributed by atoms with Gasteiger partial charge in [-0.2, -0.15) is 0 Å². The predicted molar refractivity (Wildman–Crippen MR) is 55.9 cm³/mol. The summed E-state index contributed by atoms with van der Waals surface area (Å²) in [6.07, 6.45) is -0.477. The van der Waals surface area contributed by atoms with E-state index in [1.807, 2.05) is 25.1 Å². The Morgan fingerprint density at radius 3 is 2.77 bits per heavy atom. The summed E-state index contributed by atoms with van der Waals surface area (Å²) < 4.78 is 6.23. The Kier molecular flexibility index (Phi) is 3.75. The zero-order valence-corrected chi connectivity index (χ0v) is 9.34. The average Bonchev–Trinajstić information content (AvgIpc) is 2.08. The van der Waals surface area contributed by atoms with Crippen molar-refractivity contribution in [1.82, 2.24) is 0 Å². The summed E-state index contributed by atoms with van der Waals surface area (Å²) >= 11 is 3.37. The van der Waals surface area contributed by atoms with E-state index in [9.17, 15) is 5.11 Å². The third kappa shape index (κ3) is 2.71. The molecule has 3 heteroatoms. The largest absolute Gasteiger partial charge is 0.494 e. The predicted octanol–water partition coefficient (Wildman–Crippen LogP) is 2.90. The van der Waals surface area contributed by atoms with E-state index in [1.54, 1.807) is 6.92 Å². The smallest absolute Gasteiger partial charge is 0.119 e. The molecular formula is C10H13BrO2. The molecule has 0 aliphatic rings. The van der Waals surface area contributed by atoms with Crippen molar-refractivity contribution >= 4 is 15.9 Å². The van der Waals surface area contributed by atoms with Gasteiger partial charge in [0, 0.05) is 4.47 Å². The number of aliphatic hydroxyl groups is 1. The topological polar surface area (TPSA) is 29.5 Å². The van der Waals surface area contributed by atoms with Gasteiger partial charge in [0.2, 0.25) is 0 Å². The lowest BCUT2D eigenvalue weighted by molar-refractivity contribution is 0.198. The van der Waals surface area contributed by atoms with Gasteiger partial charge in [0.15, 0.2) is 0 Å². The van der Waals surface area contributed by atoms with Crippen molar-refractivity contribution in [3.63, 3.8) is 0 Å². The van der Waals surface area contributed by atoms with Gasteiger partial charge in [0.1, 0.15) is 5.75 Å². The van der Waals surface area contributed by atoms with Crippen molar-refractivity contribution in [2.75, 3.05) is 6.61 Å². The minimum Gasteiger partial charge on any atom is -0.494 e. The van der Waals surface area contributed by atoms with Gasteiger partial charge in [0.25, 0.3) is 0 Å². The molecular weight excluding hydrogens is 232 g/mol. The molecule has 72 valence electrons. The average molecular weight is 245 g/mol. The van der Waals surface area contributed by atoms with Crippen LogP contribution in [0.3, 0.4) is 0 Å². The van der Waals surface area contributed by atoms with Crippen LogP contribution in [0.2, 0.25) is 0 Å². The highest BCUT2D eigenvalue weighted by atomic mass is 79.9. The van der Waals surface area contributed by atoms with Crippen LogP contribution in [0.5, 0.6) is 5.75 Å². The summed E-state index contributed by atoms with van der Waals surface area (Å²) in [5, 5.41) is 9.41. The van der Waals surface area contributed by atoms with Gasteiger partial charge in [-0.3, -0.25) is 0 Å². The van der Waals surface area contributed by atoms with Gasteiger partial charge < -0.3 is 9.84 Å². The summed E-state index contributed by atoms with van der Waals surface area (Å²) in [4.78, 5) is 0.